The fourth-order valence-corrected chi connectivity index (χ4v) is 2.86. The van der Waals surface area contributed by atoms with Crippen molar-refractivity contribution in [3.63, 3.8) is 0 Å². The second kappa shape index (κ2) is 6.17. The molecule has 1 heterocycles. The van der Waals surface area contributed by atoms with Crippen molar-refractivity contribution in [2.24, 2.45) is 0 Å². The molecule has 0 saturated heterocycles. The lowest BCUT2D eigenvalue weighted by molar-refractivity contribution is -0.115. The maximum absolute atomic E-state index is 12.3. The van der Waals surface area contributed by atoms with Gasteiger partial charge in [-0.1, -0.05) is 29.5 Å². The van der Waals surface area contributed by atoms with Gasteiger partial charge in [-0.3, -0.25) is 4.79 Å². The smallest absolute Gasteiger partial charge is 0.237 e. The molecule has 2 aromatic rings. The highest BCUT2D eigenvalue weighted by Crippen LogP contribution is 2.25. The van der Waals surface area contributed by atoms with E-state index in [1.165, 1.54) is 17.3 Å². The number of hydrogen-bond acceptors (Lipinski definition) is 5. The van der Waals surface area contributed by atoms with Crippen molar-refractivity contribution in [2.45, 2.75) is 38.1 Å². The zero-order valence-electron chi connectivity index (χ0n) is 12.5. The van der Waals surface area contributed by atoms with E-state index in [1.807, 2.05) is 27.7 Å². The number of amides is 1. The summed E-state index contributed by atoms with van der Waals surface area (Å²) in [5, 5.41) is 9.59. The molecule has 7 heteroatoms. The summed E-state index contributed by atoms with van der Waals surface area (Å²) in [6.07, 6.45) is 0. The summed E-state index contributed by atoms with van der Waals surface area (Å²) in [6.45, 7) is 7.83. The number of H-pyrrole nitrogens is 1. The second-order valence-electron chi connectivity index (χ2n) is 5.03. The molecule has 1 aromatic heterocycles. The Balaban J connectivity index is 2.07. The molecule has 0 saturated carbocycles. The Kier molecular flexibility index (Phi) is 4.52. The summed E-state index contributed by atoms with van der Waals surface area (Å²) in [5.74, 6) is 0.161. The van der Waals surface area contributed by atoms with Crippen LogP contribution in [0.4, 0.5) is 11.6 Å². The third kappa shape index (κ3) is 3.75. The number of nitrogens with two attached hydrogens (primary N) is 1. The number of nitrogens with zero attached hydrogens (tertiary/aromatic N) is 2. The minimum absolute atomic E-state index is 0.0848. The number of thioether (sulfide) groups is 1. The van der Waals surface area contributed by atoms with Gasteiger partial charge in [-0.2, -0.15) is 4.98 Å². The Bertz CT molecular complexity index is 644. The molecular weight excluding hydrogens is 286 g/mol. The van der Waals surface area contributed by atoms with E-state index < -0.39 is 0 Å². The van der Waals surface area contributed by atoms with Crippen LogP contribution in [0.15, 0.2) is 17.3 Å². The van der Waals surface area contributed by atoms with Crippen LogP contribution >= 0.6 is 11.8 Å². The maximum Gasteiger partial charge on any atom is 0.237 e. The third-order valence-electron chi connectivity index (χ3n) is 3.06. The molecule has 0 radical (unpaired) electrons. The number of benzene rings is 1. The highest BCUT2D eigenvalue weighted by molar-refractivity contribution is 8.00. The van der Waals surface area contributed by atoms with Crippen LogP contribution in [0.5, 0.6) is 0 Å². The molecular formula is C14H19N5OS. The molecule has 0 unspecified atom stereocenters. The molecule has 6 nitrogen and oxygen atoms in total. The molecule has 0 spiro atoms. The quantitative estimate of drug-likeness (QED) is 0.754. The molecule has 1 amide bonds. The summed E-state index contributed by atoms with van der Waals surface area (Å²) in [5.41, 5.74) is 9.63. The first-order chi connectivity index (χ1) is 9.86. The number of anilines is 2. The van der Waals surface area contributed by atoms with Crippen LogP contribution in [0.2, 0.25) is 0 Å². The van der Waals surface area contributed by atoms with E-state index in [2.05, 4.69) is 32.6 Å². The van der Waals surface area contributed by atoms with Gasteiger partial charge in [0.2, 0.25) is 17.0 Å². The van der Waals surface area contributed by atoms with E-state index >= 15 is 0 Å². The van der Waals surface area contributed by atoms with Crippen molar-refractivity contribution in [3.8, 4) is 0 Å². The van der Waals surface area contributed by atoms with Gasteiger partial charge < -0.3 is 11.1 Å². The first kappa shape index (κ1) is 15.4. The van der Waals surface area contributed by atoms with Crippen LogP contribution in [0.25, 0.3) is 0 Å². The van der Waals surface area contributed by atoms with E-state index in [-0.39, 0.29) is 17.1 Å². The van der Waals surface area contributed by atoms with E-state index in [0.717, 1.165) is 16.8 Å². The normalized spacial score (nSPS) is 12.2. The van der Waals surface area contributed by atoms with E-state index in [4.69, 9.17) is 5.73 Å². The summed E-state index contributed by atoms with van der Waals surface area (Å²) >= 11 is 1.26. The maximum atomic E-state index is 12.3. The minimum Gasteiger partial charge on any atom is -0.368 e. The SMILES string of the molecule is Cc1cc(C)c(NC(=O)[C@@H](C)Sc2n[nH]c(N)n2)c(C)c1. The monoisotopic (exact) mass is 305 g/mol. The minimum atomic E-state index is -0.319. The Morgan fingerprint density at radius 3 is 2.48 bits per heavy atom. The summed E-state index contributed by atoms with van der Waals surface area (Å²) < 4.78 is 0. The van der Waals surface area contributed by atoms with E-state index in [0.29, 0.717) is 5.16 Å². The number of carbonyl (C=O) groups excluding carboxylic acids is 1. The van der Waals surface area contributed by atoms with Gasteiger partial charge in [0, 0.05) is 5.69 Å². The van der Waals surface area contributed by atoms with Gasteiger partial charge in [-0.05, 0) is 38.8 Å². The Morgan fingerprint density at radius 2 is 1.95 bits per heavy atom. The number of carbonyl (C=O) groups is 1. The first-order valence-corrected chi connectivity index (χ1v) is 7.48. The molecule has 1 aromatic carbocycles. The van der Waals surface area contributed by atoms with Crippen molar-refractivity contribution in [1.29, 1.82) is 0 Å². The fourth-order valence-electron chi connectivity index (χ4n) is 2.12. The zero-order valence-corrected chi connectivity index (χ0v) is 13.3. The number of nitrogen functional groups attached to an aromatic ring is 1. The Morgan fingerprint density at radius 1 is 1.33 bits per heavy atom. The van der Waals surface area contributed by atoms with Crippen molar-refractivity contribution in [1.82, 2.24) is 15.2 Å². The Hall–Kier alpha value is -2.02. The first-order valence-electron chi connectivity index (χ1n) is 6.60. The van der Waals surface area contributed by atoms with Crippen LogP contribution in [0.1, 0.15) is 23.6 Å². The number of aryl methyl sites for hydroxylation is 3. The van der Waals surface area contributed by atoms with E-state index in [9.17, 15) is 4.79 Å². The molecule has 21 heavy (non-hydrogen) atoms. The molecule has 0 aliphatic rings. The number of nitrogens with one attached hydrogen (secondary N) is 2. The lowest BCUT2D eigenvalue weighted by atomic mass is 10.1. The van der Waals surface area contributed by atoms with Gasteiger partial charge in [-0.25, -0.2) is 5.10 Å². The molecule has 4 N–H and O–H groups in total. The van der Waals surface area contributed by atoms with Gasteiger partial charge in [0.05, 0.1) is 5.25 Å². The van der Waals surface area contributed by atoms with Gasteiger partial charge in [0.25, 0.3) is 0 Å². The molecule has 0 aliphatic heterocycles. The van der Waals surface area contributed by atoms with Gasteiger partial charge in [0.15, 0.2) is 0 Å². The van der Waals surface area contributed by atoms with E-state index in [1.54, 1.807) is 0 Å². The van der Waals surface area contributed by atoms with Crippen molar-refractivity contribution in [3.05, 3.63) is 28.8 Å². The lowest BCUT2D eigenvalue weighted by Crippen LogP contribution is -2.23. The highest BCUT2D eigenvalue weighted by Gasteiger charge is 2.18. The van der Waals surface area contributed by atoms with Gasteiger partial charge in [0.1, 0.15) is 0 Å². The molecule has 1 atom stereocenters. The number of rotatable bonds is 4. The molecule has 0 aliphatic carbocycles. The van der Waals surface area contributed by atoms with Crippen molar-refractivity contribution in [2.75, 3.05) is 11.1 Å². The third-order valence-corrected chi connectivity index (χ3v) is 4.02. The zero-order chi connectivity index (χ0) is 15.6. The number of hydrogen-bond donors (Lipinski definition) is 3. The van der Waals surface area contributed by atoms with Crippen molar-refractivity contribution >= 4 is 29.3 Å². The lowest BCUT2D eigenvalue weighted by Gasteiger charge is -2.15. The number of aromatic nitrogens is 3. The molecule has 0 fully saturated rings. The van der Waals surface area contributed by atoms with Gasteiger partial charge in [-0.15, -0.1) is 5.10 Å². The topological polar surface area (TPSA) is 96.7 Å². The second-order valence-corrected chi connectivity index (χ2v) is 6.33. The van der Waals surface area contributed by atoms with Crippen molar-refractivity contribution < 1.29 is 4.79 Å². The Labute approximate surface area is 127 Å². The van der Waals surface area contributed by atoms with Crippen LogP contribution in [0, 0.1) is 20.8 Å². The molecule has 2 rings (SSSR count). The largest absolute Gasteiger partial charge is 0.368 e. The van der Waals surface area contributed by atoms with Crippen LogP contribution in [0.3, 0.4) is 0 Å². The highest BCUT2D eigenvalue weighted by atomic mass is 32.2. The predicted molar refractivity (Wildman–Crippen MR) is 85.4 cm³/mol. The standard InChI is InChI=1S/C14H19N5OS/c1-7-5-8(2)11(9(3)6-7)16-12(20)10(4)21-14-17-13(15)18-19-14/h5-6,10H,1-4H3,(H,16,20)(H3,15,17,18,19)/t10-/m1/s1. The predicted octanol–water partition coefficient (Wildman–Crippen LogP) is 2.43. The summed E-state index contributed by atoms with van der Waals surface area (Å²) in [7, 11) is 0. The number of aromatic amines is 1. The van der Waals surface area contributed by atoms with Crippen LogP contribution in [-0.4, -0.2) is 26.3 Å². The fraction of sp³-hybridized carbons (Fsp3) is 0.357. The summed E-state index contributed by atoms with van der Waals surface area (Å²) in [6, 6.07) is 4.10. The molecule has 0 bridgehead atoms. The molecule has 112 valence electrons. The van der Waals surface area contributed by atoms with Crippen LogP contribution < -0.4 is 11.1 Å². The van der Waals surface area contributed by atoms with Crippen LogP contribution in [-0.2, 0) is 4.79 Å². The average Bonchev–Trinajstić information content (AvgIpc) is 2.78. The van der Waals surface area contributed by atoms with Gasteiger partial charge >= 0.3 is 0 Å². The summed E-state index contributed by atoms with van der Waals surface area (Å²) in [4.78, 5) is 16.3. The average molecular weight is 305 g/mol.